The predicted octanol–water partition coefficient (Wildman–Crippen LogP) is 3.94. The van der Waals surface area contributed by atoms with E-state index in [1.807, 2.05) is 11.8 Å². The predicted molar refractivity (Wildman–Crippen MR) is 95.3 cm³/mol. The number of thioether (sulfide) groups is 1. The Morgan fingerprint density at radius 2 is 1.43 bits per heavy atom. The van der Waals surface area contributed by atoms with E-state index in [1.165, 1.54) is 76.4 Å². The minimum atomic E-state index is 0.647. The van der Waals surface area contributed by atoms with Crippen molar-refractivity contribution in [2.45, 2.75) is 82.7 Å². The van der Waals surface area contributed by atoms with E-state index in [9.17, 15) is 0 Å². The van der Waals surface area contributed by atoms with Crippen molar-refractivity contribution in [2.24, 2.45) is 4.99 Å². The van der Waals surface area contributed by atoms with Gasteiger partial charge in [0.15, 0.2) is 5.96 Å². The Kier molecular flexibility index (Phi) is 8.38. The van der Waals surface area contributed by atoms with Gasteiger partial charge >= 0.3 is 0 Å². The molecule has 0 aliphatic heterocycles. The number of rotatable bonds is 6. The molecule has 122 valence electrons. The maximum Gasteiger partial charge on any atom is 0.191 e. The van der Waals surface area contributed by atoms with Crippen molar-refractivity contribution in [3.63, 3.8) is 0 Å². The second-order valence-electron chi connectivity index (χ2n) is 6.54. The lowest BCUT2D eigenvalue weighted by atomic mass is 9.95. The SMILES string of the molecule is CSCCCN=C(NC1CCCCC1)NC1CCCCC1. The molecule has 21 heavy (non-hydrogen) atoms. The van der Waals surface area contributed by atoms with Crippen molar-refractivity contribution in [3.05, 3.63) is 0 Å². The third-order valence-corrected chi connectivity index (χ3v) is 5.37. The standard InChI is InChI=1S/C17H33N3S/c1-21-14-8-13-18-17(19-15-9-4-2-5-10-15)20-16-11-6-3-7-12-16/h15-16H,2-14H2,1H3,(H2,18,19,20). The Morgan fingerprint density at radius 3 is 1.90 bits per heavy atom. The van der Waals surface area contributed by atoms with Crippen LogP contribution in [-0.2, 0) is 0 Å². The van der Waals surface area contributed by atoms with Gasteiger partial charge < -0.3 is 10.6 Å². The first-order valence-electron chi connectivity index (χ1n) is 8.95. The molecule has 0 aromatic rings. The largest absolute Gasteiger partial charge is 0.354 e. The maximum atomic E-state index is 4.83. The molecule has 0 heterocycles. The van der Waals surface area contributed by atoms with Crippen LogP contribution in [0.4, 0.5) is 0 Å². The molecule has 0 atom stereocenters. The summed E-state index contributed by atoms with van der Waals surface area (Å²) in [4.78, 5) is 4.83. The summed E-state index contributed by atoms with van der Waals surface area (Å²) in [5, 5.41) is 7.42. The van der Waals surface area contributed by atoms with E-state index in [0.29, 0.717) is 12.1 Å². The summed E-state index contributed by atoms with van der Waals surface area (Å²) in [5.41, 5.74) is 0. The lowest BCUT2D eigenvalue weighted by Gasteiger charge is -2.29. The third-order valence-electron chi connectivity index (χ3n) is 4.67. The first kappa shape index (κ1) is 17.0. The van der Waals surface area contributed by atoms with Crippen LogP contribution in [0.2, 0.25) is 0 Å². The van der Waals surface area contributed by atoms with Crippen LogP contribution in [-0.4, -0.2) is 36.6 Å². The van der Waals surface area contributed by atoms with Gasteiger partial charge in [0.05, 0.1) is 0 Å². The first-order chi connectivity index (χ1) is 10.4. The monoisotopic (exact) mass is 311 g/mol. The smallest absolute Gasteiger partial charge is 0.191 e. The van der Waals surface area contributed by atoms with E-state index in [1.54, 1.807) is 0 Å². The van der Waals surface area contributed by atoms with E-state index < -0.39 is 0 Å². The van der Waals surface area contributed by atoms with Crippen LogP contribution < -0.4 is 10.6 Å². The van der Waals surface area contributed by atoms with E-state index in [4.69, 9.17) is 4.99 Å². The number of guanidine groups is 1. The molecule has 0 unspecified atom stereocenters. The van der Waals surface area contributed by atoms with Crippen LogP contribution >= 0.6 is 11.8 Å². The molecule has 2 N–H and O–H groups in total. The molecule has 4 heteroatoms. The highest BCUT2D eigenvalue weighted by Gasteiger charge is 2.18. The summed E-state index contributed by atoms with van der Waals surface area (Å²) in [6, 6.07) is 1.29. The first-order valence-corrected chi connectivity index (χ1v) is 10.3. The Hall–Kier alpha value is -0.380. The number of hydrogen-bond donors (Lipinski definition) is 2. The highest BCUT2D eigenvalue weighted by Crippen LogP contribution is 2.19. The molecule has 0 saturated heterocycles. The second-order valence-corrected chi connectivity index (χ2v) is 7.52. The molecule has 0 aromatic carbocycles. The lowest BCUT2D eigenvalue weighted by Crippen LogP contribution is -2.48. The summed E-state index contributed by atoms with van der Waals surface area (Å²) in [6.45, 7) is 0.954. The van der Waals surface area contributed by atoms with Gasteiger partial charge in [-0.1, -0.05) is 38.5 Å². The van der Waals surface area contributed by atoms with Gasteiger partial charge in [-0.25, -0.2) is 0 Å². The Labute approximate surface area is 135 Å². The molecule has 0 spiro atoms. The molecule has 0 bridgehead atoms. The molecule has 2 aliphatic rings. The van der Waals surface area contributed by atoms with Gasteiger partial charge in [-0.05, 0) is 44.1 Å². The normalized spacial score (nSPS) is 21.0. The van der Waals surface area contributed by atoms with E-state index in [-0.39, 0.29) is 0 Å². The van der Waals surface area contributed by atoms with Crippen molar-refractivity contribution in [1.29, 1.82) is 0 Å². The quantitative estimate of drug-likeness (QED) is 0.443. The topological polar surface area (TPSA) is 36.4 Å². The summed E-state index contributed by atoms with van der Waals surface area (Å²) in [7, 11) is 0. The zero-order valence-electron chi connectivity index (χ0n) is 13.7. The van der Waals surface area contributed by atoms with Crippen molar-refractivity contribution < 1.29 is 0 Å². The number of nitrogens with zero attached hydrogens (tertiary/aromatic N) is 1. The van der Waals surface area contributed by atoms with Crippen molar-refractivity contribution in [2.75, 3.05) is 18.6 Å². The highest BCUT2D eigenvalue weighted by atomic mass is 32.2. The van der Waals surface area contributed by atoms with E-state index in [0.717, 1.165) is 12.5 Å². The Balaban J connectivity index is 1.81. The fourth-order valence-corrected chi connectivity index (χ4v) is 3.83. The van der Waals surface area contributed by atoms with E-state index in [2.05, 4.69) is 16.9 Å². The van der Waals surface area contributed by atoms with Crippen LogP contribution in [0.1, 0.15) is 70.6 Å². The van der Waals surface area contributed by atoms with Gasteiger partial charge in [-0.15, -0.1) is 0 Å². The molecular weight excluding hydrogens is 278 g/mol. The molecule has 2 fully saturated rings. The fourth-order valence-electron chi connectivity index (χ4n) is 3.41. The summed E-state index contributed by atoms with van der Waals surface area (Å²) >= 11 is 1.91. The van der Waals surface area contributed by atoms with Gasteiger partial charge in [0.1, 0.15) is 0 Å². The minimum absolute atomic E-state index is 0.647. The van der Waals surface area contributed by atoms with Gasteiger partial charge in [-0.3, -0.25) is 4.99 Å². The number of aliphatic imine (C=N–C) groups is 1. The van der Waals surface area contributed by atoms with Crippen LogP contribution in [0.15, 0.2) is 4.99 Å². The van der Waals surface area contributed by atoms with Gasteiger partial charge in [0.2, 0.25) is 0 Å². The lowest BCUT2D eigenvalue weighted by molar-refractivity contribution is 0.388. The van der Waals surface area contributed by atoms with Crippen LogP contribution in [0.5, 0.6) is 0 Å². The summed E-state index contributed by atoms with van der Waals surface area (Å²) in [6.07, 6.45) is 16.9. The van der Waals surface area contributed by atoms with Crippen LogP contribution in [0.25, 0.3) is 0 Å². The zero-order chi connectivity index (χ0) is 14.8. The molecule has 0 aromatic heterocycles. The third kappa shape index (κ3) is 6.94. The Morgan fingerprint density at radius 1 is 0.905 bits per heavy atom. The Bertz CT molecular complexity index is 272. The van der Waals surface area contributed by atoms with Crippen LogP contribution in [0, 0.1) is 0 Å². The second kappa shape index (κ2) is 10.4. The molecule has 2 aliphatic carbocycles. The number of hydrogen-bond acceptors (Lipinski definition) is 2. The summed E-state index contributed by atoms with van der Waals surface area (Å²) in [5.74, 6) is 2.30. The van der Waals surface area contributed by atoms with Crippen molar-refractivity contribution >= 4 is 17.7 Å². The number of nitrogens with one attached hydrogen (secondary N) is 2. The average molecular weight is 312 g/mol. The van der Waals surface area contributed by atoms with Crippen LogP contribution in [0.3, 0.4) is 0 Å². The molecule has 2 saturated carbocycles. The van der Waals surface area contributed by atoms with Gasteiger partial charge in [0, 0.05) is 18.6 Å². The fraction of sp³-hybridized carbons (Fsp3) is 0.941. The molecule has 2 rings (SSSR count). The van der Waals surface area contributed by atoms with Crippen molar-refractivity contribution in [3.8, 4) is 0 Å². The van der Waals surface area contributed by atoms with E-state index >= 15 is 0 Å². The molecular formula is C17H33N3S. The zero-order valence-corrected chi connectivity index (χ0v) is 14.5. The molecule has 3 nitrogen and oxygen atoms in total. The van der Waals surface area contributed by atoms with Crippen molar-refractivity contribution in [1.82, 2.24) is 10.6 Å². The maximum absolute atomic E-state index is 4.83. The molecule has 0 amide bonds. The van der Waals surface area contributed by atoms with Gasteiger partial charge in [-0.2, -0.15) is 11.8 Å². The summed E-state index contributed by atoms with van der Waals surface area (Å²) < 4.78 is 0. The highest BCUT2D eigenvalue weighted by molar-refractivity contribution is 7.98. The average Bonchev–Trinajstić information content (AvgIpc) is 2.53. The van der Waals surface area contributed by atoms with Gasteiger partial charge in [0.25, 0.3) is 0 Å². The molecule has 0 radical (unpaired) electrons. The minimum Gasteiger partial charge on any atom is -0.354 e.